The molecule has 7 nitrogen and oxygen atoms in total. The van der Waals surface area contributed by atoms with Gasteiger partial charge in [0.25, 0.3) is 0 Å². The average Bonchev–Trinajstić information content (AvgIpc) is 3.00. The van der Waals surface area contributed by atoms with Crippen LogP contribution in [0.5, 0.6) is 5.75 Å². The largest absolute Gasteiger partial charge is 0.497 e. The van der Waals surface area contributed by atoms with Crippen molar-refractivity contribution in [2.24, 2.45) is 5.73 Å². The molecule has 4 N–H and O–H groups in total. The molecular formula is C19H24N6O. The average molecular weight is 352 g/mol. The normalized spacial score (nSPS) is 19.3. The first-order valence-corrected chi connectivity index (χ1v) is 8.98. The van der Waals surface area contributed by atoms with Gasteiger partial charge in [0.05, 0.1) is 18.1 Å². The molecule has 7 heteroatoms. The van der Waals surface area contributed by atoms with E-state index in [-0.39, 0.29) is 0 Å². The molecule has 0 spiro atoms. The standard InChI is InChI=1S/C19H24N6O/c1-11-22-16(12-7-13(20)8-12)10-19(23-11)21-6-5-18-24-15-4-3-14(26-2)9-17(15)25-18/h3-4,9-10,12-13H,5-8,20H2,1-2H3,(H,24,25)(H,21,22,23). The van der Waals surface area contributed by atoms with Crippen LogP contribution in [0.4, 0.5) is 5.82 Å². The number of hydrogen-bond acceptors (Lipinski definition) is 6. The number of aryl methyl sites for hydroxylation is 1. The second-order valence-corrected chi connectivity index (χ2v) is 6.90. The number of rotatable bonds is 6. The highest BCUT2D eigenvalue weighted by Crippen LogP contribution is 2.35. The van der Waals surface area contributed by atoms with E-state index >= 15 is 0 Å². The second kappa shape index (κ2) is 6.92. The van der Waals surface area contributed by atoms with Gasteiger partial charge in [-0.1, -0.05) is 0 Å². The molecule has 0 unspecified atom stereocenters. The quantitative estimate of drug-likeness (QED) is 0.630. The van der Waals surface area contributed by atoms with Gasteiger partial charge in [-0.25, -0.2) is 15.0 Å². The van der Waals surface area contributed by atoms with Crippen LogP contribution >= 0.6 is 0 Å². The van der Waals surface area contributed by atoms with Crippen molar-refractivity contribution in [3.05, 3.63) is 41.6 Å². The third-order valence-electron chi connectivity index (χ3n) is 4.86. The zero-order valence-corrected chi connectivity index (χ0v) is 15.1. The number of methoxy groups -OCH3 is 1. The predicted molar refractivity (Wildman–Crippen MR) is 102 cm³/mol. The molecule has 4 rings (SSSR count). The highest BCUT2D eigenvalue weighted by atomic mass is 16.5. The number of nitrogens with zero attached hydrogens (tertiary/aromatic N) is 3. The lowest BCUT2D eigenvalue weighted by Crippen LogP contribution is -2.35. The maximum Gasteiger partial charge on any atom is 0.129 e. The van der Waals surface area contributed by atoms with E-state index in [1.165, 1.54) is 0 Å². The lowest BCUT2D eigenvalue weighted by Gasteiger charge is -2.32. The van der Waals surface area contributed by atoms with Crippen molar-refractivity contribution >= 4 is 16.9 Å². The van der Waals surface area contributed by atoms with E-state index in [1.807, 2.05) is 31.2 Å². The summed E-state index contributed by atoms with van der Waals surface area (Å²) in [6, 6.07) is 8.21. The zero-order chi connectivity index (χ0) is 18.1. The fourth-order valence-corrected chi connectivity index (χ4v) is 3.39. The number of hydrogen-bond donors (Lipinski definition) is 3. The maximum atomic E-state index is 5.90. The van der Waals surface area contributed by atoms with Crippen molar-refractivity contribution in [1.82, 2.24) is 19.9 Å². The molecule has 1 aromatic carbocycles. The third-order valence-corrected chi connectivity index (χ3v) is 4.86. The number of aromatic amines is 1. The summed E-state index contributed by atoms with van der Waals surface area (Å²) in [6.45, 7) is 2.68. The van der Waals surface area contributed by atoms with Gasteiger partial charge in [0.2, 0.25) is 0 Å². The summed E-state index contributed by atoms with van der Waals surface area (Å²) < 4.78 is 5.25. The third kappa shape index (κ3) is 3.48. The van der Waals surface area contributed by atoms with Crippen LogP contribution in [0.2, 0.25) is 0 Å². The highest BCUT2D eigenvalue weighted by Gasteiger charge is 2.28. The molecule has 0 saturated heterocycles. The van der Waals surface area contributed by atoms with Crippen LogP contribution in [0.15, 0.2) is 24.3 Å². The Morgan fingerprint density at radius 3 is 2.85 bits per heavy atom. The van der Waals surface area contributed by atoms with Gasteiger partial charge in [-0.3, -0.25) is 0 Å². The van der Waals surface area contributed by atoms with Crippen molar-refractivity contribution in [2.75, 3.05) is 19.0 Å². The first-order valence-electron chi connectivity index (χ1n) is 8.98. The van der Waals surface area contributed by atoms with E-state index in [9.17, 15) is 0 Å². The number of H-pyrrole nitrogens is 1. The number of fused-ring (bicyclic) bond motifs is 1. The smallest absolute Gasteiger partial charge is 0.129 e. The molecule has 1 aliphatic rings. The Morgan fingerprint density at radius 2 is 2.08 bits per heavy atom. The van der Waals surface area contributed by atoms with Crippen LogP contribution in [0.25, 0.3) is 11.0 Å². The van der Waals surface area contributed by atoms with Gasteiger partial charge >= 0.3 is 0 Å². The molecule has 136 valence electrons. The van der Waals surface area contributed by atoms with Crippen molar-refractivity contribution in [3.63, 3.8) is 0 Å². The SMILES string of the molecule is COc1ccc2nc(CCNc3cc(C4CC(N)C4)nc(C)n3)[nH]c2c1. The molecule has 2 heterocycles. The number of benzene rings is 1. The summed E-state index contributed by atoms with van der Waals surface area (Å²) in [7, 11) is 1.66. The van der Waals surface area contributed by atoms with Crippen LogP contribution in [0, 0.1) is 6.92 Å². The van der Waals surface area contributed by atoms with Gasteiger partial charge in [0, 0.05) is 42.8 Å². The minimum atomic E-state index is 0.318. The maximum absolute atomic E-state index is 5.90. The minimum Gasteiger partial charge on any atom is -0.497 e. The summed E-state index contributed by atoms with van der Waals surface area (Å²) in [5.74, 6) is 3.90. The number of anilines is 1. The molecule has 3 aromatic rings. The number of nitrogens with two attached hydrogens (primary N) is 1. The Balaban J connectivity index is 1.40. The number of nitrogens with one attached hydrogen (secondary N) is 2. The molecule has 1 fully saturated rings. The zero-order valence-electron chi connectivity index (χ0n) is 15.1. The van der Waals surface area contributed by atoms with Gasteiger partial charge in [-0.05, 0) is 31.9 Å². The Kier molecular flexibility index (Phi) is 4.46. The molecule has 0 amide bonds. The number of aromatic nitrogens is 4. The van der Waals surface area contributed by atoms with Crippen LogP contribution in [0.3, 0.4) is 0 Å². The number of ether oxygens (including phenoxy) is 1. The summed E-state index contributed by atoms with van der Waals surface area (Å²) in [5.41, 5.74) is 8.93. The Bertz CT molecular complexity index is 916. The van der Waals surface area contributed by atoms with Gasteiger partial charge in [0.1, 0.15) is 23.2 Å². The fraction of sp³-hybridized carbons (Fsp3) is 0.421. The molecule has 0 bridgehead atoms. The topological polar surface area (TPSA) is 102 Å². The molecule has 2 aromatic heterocycles. The Morgan fingerprint density at radius 1 is 1.23 bits per heavy atom. The van der Waals surface area contributed by atoms with Crippen LogP contribution in [-0.2, 0) is 6.42 Å². The summed E-state index contributed by atoms with van der Waals surface area (Å²) in [6.07, 6.45) is 2.81. The monoisotopic (exact) mass is 352 g/mol. The van der Waals surface area contributed by atoms with Gasteiger partial charge in [-0.15, -0.1) is 0 Å². The molecule has 26 heavy (non-hydrogen) atoms. The van der Waals surface area contributed by atoms with E-state index < -0.39 is 0 Å². The molecule has 0 aliphatic heterocycles. The van der Waals surface area contributed by atoms with E-state index in [2.05, 4.69) is 25.3 Å². The first kappa shape index (κ1) is 16.8. The molecular weight excluding hydrogens is 328 g/mol. The van der Waals surface area contributed by atoms with E-state index in [1.54, 1.807) is 7.11 Å². The molecule has 0 atom stereocenters. The Hall–Kier alpha value is -2.67. The van der Waals surface area contributed by atoms with Crippen LogP contribution in [0.1, 0.15) is 36.1 Å². The van der Waals surface area contributed by atoms with Gasteiger partial charge in [0.15, 0.2) is 0 Å². The second-order valence-electron chi connectivity index (χ2n) is 6.90. The predicted octanol–water partition coefficient (Wildman–Crippen LogP) is 2.53. The van der Waals surface area contributed by atoms with Crippen LogP contribution in [-0.4, -0.2) is 39.6 Å². The van der Waals surface area contributed by atoms with E-state index in [0.29, 0.717) is 12.0 Å². The molecule has 0 radical (unpaired) electrons. The number of imidazole rings is 1. The van der Waals surface area contributed by atoms with Crippen LogP contribution < -0.4 is 15.8 Å². The minimum absolute atomic E-state index is 0.318. The molecule has 1 saturated carbocycles. The van der Waals surface area contributed by atoms with Crippen molar-refractivity contribution < 1.29 is 4.74 Å². The summed E-state index contributed by atoms with van der Waals surface area (Å²) in [4.78, 5) is 17.0. The first-order chi connectivity index (χ1) is 12.6. The lowest BCUT2D eigenvalue weighted by atomic mass is 9.78. The Labute approximate surface area is 152 Å². The van der Waals surface area contributed by atoms with Crippen molar-refractivity contribution in [3.8, 4) is 5.75 Å². The van der Waals surface area contributed by atoms with Crippen molar-refractivity contribution in [2.45, 2.75) is 38.1 Å². The fourth-order valence-electron chi connectivity index (χ4n) is 3.39. The molecule has 1 aliphatic carbocycles. The summed E-state index contributed by atoms with van der Waals surface area (Å²) >= 11 is 0. The van der Waals surface area contributed by atoms with E-state index in [0.717, 1.165) is 65.8 Å². The van der Waals surface area contributed by atoms with Gasteiger partial charge in [-0.2, -0.15) is 0 Å². The van der Waals surface area contributed by atoms with Gasteiger partial charge < -0.3 is 20.8 Å². The lowest BCUT2D eigenvalue weighted by molar-refractivity contribution is 0.344. The highest BCUT2D eigenvalue weighted by molar-refractivity contribution is 5.76. The van der Waals surface area contributed by atoms with Crippen molar-refractivity contribution in [1.29, 1.82) is 0 Å². The van der Waals surface area contributed by atoms with E-state index in [4.69, 9.17) is 10.5 Å². The summed E-state index contributed by atoms with van der Waals surface area (Å²) in [5, 5.41) is 3.39.